The maximum atomic E-state index is 9.29. The summed E-state index contributed by atoms with van der Waals surface area (Å²) in [6.45, 7) is 5.94. The Balaban J connectivity index is 1.77. The maximum Gasteiger partial charge on any atom is 0.191 e. The molecule has 3 atom stereocenters. The van der Waals surface area contributed by atoms with E-state index in [1.54, 1.807) is 0 Å². The number of aliphatic imine (C=N–C) groups is 1. The predicted octanol–water partition coefficient (Wildman–Crippen LogP) is 1.77. The number of hydrogen-bond acceptors (Lipinski definition) is 3. The van der Waals surface area contributed by atoms with Crippen molar-refractivity contribution in [3.63, 3.8) is 0 Å². The van der Waals surface area contributed by atoms with Gasteiger partial charge in [-0.05, 0) is 31.1 Å². The van der Waals surface area contributed by atoms with Gasteiger partial charge in [-0.1, -0.05) is 26.2 Å². The molecule has 5 nitrogen and oxygen atoms in total. The largest absolute Gasteiger partial charge is 0.396 e. The monoisotopic (exact) mass is 311 g/mol. The molecule has 0 radical (unpaired) electrons. The van der Waals surface area contributed by atoms with E-state index in [0.717, 1.165) is 56.9 Å². The zero-order valence-electron chi connectivity index (χ0n) is 14.2. The third-order valence-corrected chi connectivity index (χ3v) is 5.50. The summed E-state index contributed by atoms with van der Waals surface area (Å²) in [7, 11) is 1.82. The first-order valence-corrected chi connectivity index (χ1v) is 8.82. The number of nitrogens with one attached hydrogen (secondary N) is 2. The minimum Gasteiger partial charge on any atom is -0.396 e. The highest BCUT2D eigenvalue weighted by atomic mass is 16.5. The lowest BCUT2D eigenvalue weighted by atomic mass is 9.80. The molecule has 1 aliphatic carbocycles. The van der Waals surface area contributed by atoms with Gasteiger partial charge in [-0.2, -0.15) is 0 Å². The van der Waals surface area contributed by atoms with E-state index in [0.29, 0.717) is 0 Å². The van der Waals surface area contributed by atoms with Crippen LogP contribution in [0.2, 0.25) is 0 Å². The van der Waals surface area contributed by atoms with Gasteiger partial charge in [0, 0.05) is 38.8 Å². The molecule has 0 aromatic heterocycles. The molecule has 2 fully saturated rings. The van der Waals surface area contributed by atoms with Crippen LogP contribution in [0.3, 0.4) is 0 Å². The van der Waals surface area contributed by atoms with Gasteiger partial charge < -0.3 is 20.5 Å². The molecule has 1 aliphatic heterocycles. The molecular formula is C17H33N3O2. The van der Waals surface area contributed by atoms with Crippen LogP contribution in [-0.4, -0.2) is 51.0 Å². The number of ether oxygens (including phenoxy) is 1. The number of nitrogens with zero attached hydrogens (tertiary/aromatic N) is 1. The highest BCUT2D eigenvalue weighted by Gasteiger charge is 2.34. The molecule has 0 amide bonds. The van der Waals surface area contributed by atoms with Crippen LogP contribution in [-0.2, 0) is 4.74 Å². The second-order valence-corrected chi connectivity index (χ2v) is 7.10. The molecule has 3 unspecified atom stereocenters. The average molecular weight is 311 g/mol. The predicted molar refractivity (Wildman–Crippen MR) is 90.1 cm³/mol. The van der Waals surface area contributed by atoms with Crippen molar-refractivity contribution in [1.82, 2.24) is 10.6 Å². The second-order valence-electron chi connectivity index (χ2n) is 7.10. The first-order valence-electron chi connectivity index (χ1n) is 8.82. The van der Waals surface area contributed by atoms with E-state index >= 15 is 0 Å². The molecule has 128 valence electrons. The number of guanidine groups is 1. The summed E-state index contributed by atoms with van der Waals surface area (Å²) in [6, 6.07) is 0. The quantitative estimate of drug-likeness (QED) is 0.517. The first kappa shape index (κ1) is 17.5. The Morgan fingerprint density at radius 3 is 2.77 bits per heavy atom. The van der Waals surface area contributed by atoms with Crippen LogP contribution in [0.15, 0.2) is 4.99 Å². The SMILES string of the molecule is CN=C(NCC1CCCCC1C)NCC1(CCO)CCOC1. The summed E-state index contributed by atoms with van der Waals surface area (Å²) in [5, 5.41) is 16.2. The van der Waals surface area contributed by atoms with Gasteiger partial charge in [-0.3, -0.25) is 4.99 Å². The molecule has 1 saturated carbocycles. The molecule has 1 heterocycles. The van der Waals surface area contributed by atoms with E-state index in [4.69, 9.17) is 4.74 Å². The van der Waals surface area contributed by atoms with Crippen LogP contribution >= 0.6 is 0 Å². The van der Waals surface area contributed by atoms with Crippen LogP contribution in [0.25, 0.3) is 0 Å². The van der Waals surface area contributed by atoms with E-state index in [1.165, 1.54) is 25.7 Å². The summed E-state index contributed by atoms with van der Waals surface area (Å²) in [6.07, 6.45) is 7.23. The van der Waals surface area contributed by atoms with Crippen molar-refractivity contribution in [1.29, 1.82) is 0 Å². The Morgan fingerprint density at radius 1 is 1.32 bits per heavy atom. The van der Waals surface area contributed by atoms with Crippen molar-refractivity contribution in [2.45, 2.75) is 45.4 Å². The fraction of sp³-hybridized carbons (Fsp3) is 0.941. The van der Waals surface area contributed by atoms with E-state index in [1.807, 2.05) is 7.05 Å². The van der Waals surface area contributed by atoms with Gasteiger partial charge in [-0.15, -0.1) is 0 Å². The van der Waals surface area contributed by atoms with Gasteiger partial charge in [0.15, 0.2) is 5.96 Å². The molecule has 0 aromatic rings. The topological polar surface area (TPSA) is 65.9 Å². The molecular weight excluding hydrogens is 278 g/mol. The standard InChI is InChI=1S/C17H33N3O2/c1-14-5-3-4-6-15(14)11-19-16(18-2)20-12-17(7-9-21)8-10-22-13-17/h14-15,21H,3-13H2,1-2H3,(H2,18,19,20). The molecule has 3 N–H and O–H groups in total. The zero-order valence-corrected chi connectivity index (χ0v) is 14.2. The molecule has 2 aliphatic rings. The van der Waals surface area contributed by atoms with Crippen LogP contribution in [0.1, 0.15) is 45.4 Å². The highest BCUT2D eigenvalue weighted by Crippen LogP contribution is 2.31. The van der Waals surface area contributed by atoms with Gasteiger partial charge in [0.25, 0.3) is 0 Å². The minimum atomic E-state index is 0.0600. The molecule has 5 heteroatoms. The van der Waals surface area contributed by atoms with Gasteiger partial charge in [0.1, 0.15) is 0 Å². The average Bonchev–Trinajstić information content (AvgIpc) is 2.98. The Morgan fingerprint density at radius 2 is 2.14 bits per heavy atom. The molecule has 22 heavy (non-hydrogen) atoms. The summed E-state index contributed by atoms with van der Waals surface area (Å²) in [4.78, 5) is 4.34. The van der Waals surface area contributed by atoms with E-state index in [2.05, 4.69) is 22.5 Å². The smallest absolute Gasteiger partial charge is 0.191 e. The van der Waals surface area contributed by atoms with E-state index < -0.39 is 0 Å². The molecule has 0 bridgehead atoms. The second kappa shape index (κ2) is 8.73. The molecule has 0 spiro atoms. The summed E-state index contributed by atoms with van der Waals surface area (Å²) < 4.78 is 5.54. The van der Waals surface area contributed by atoms with Crippen LogP contribution in [0.4, 0.5) is 0 Å². The number of aliphatic hydroxyl groups excluding tert-OH is 1. The number of rotatable bonds is 6. The van der Waals surface area contributed by atoms with Crippen molar-refractivity contribution in [3.05, 3.63) is 0 Å². The Bertz CT molecular complexity index is 354. The van der Waals surface area contributed by atoms with Crippen molar-refractivity contribution in [3.8, 4) is 0 Å². The van der Waals surface area contributed by atoms with Crippen molar-refractivity contribution >= 4 is 5.96 Å². The van der Waals surface area contributed by atoms with Gasteiger partial charge in [0.05, 0.1) is 6.61 Å². The lowest BCUT2D eigenvalue weighted by Gasteiger charge is -2.31. The molecule has 1 saturated heterocycles. The van der Waals surface area contributed by atoms with E-state index in [9.17, 15) is 5.11 Å². The third-order valence-electron chi connectivity index (χ3n) is 5.50. The Hall–Kier alpha value is -0.810. The lowest BCUT2D eigenvalue weighted by molar-refractivity contribution is 0.127. The van der Waals surface area contributed by atoms with Crippen molar-refractivity contribution in [2.24, 2.45) is 22.2 Å². The molecule has 2 rings (SSSR count). The van der Waals surface area contributed by atoms with Crippen LogP contribution < -0.4 is 10.6 Å². The summed E-state index contributed by atoms with van der Waals surface area (Å²) >= 11 is 0. The molecule has 0 aromatic carbocycles. The fourth-order valence-corrected chi connectivity index (χ4v) is 3.73. The van der Waals surface area contributed by atoms with Gasteiger partial charge in [-0.25, -0.2) is 0 Å². The van der Waals surface area contributed by atoms with Crippen molar-refractivity contribution in [2.75, 3.05) is 40.0 Å². The fourth-order valence-electron chi connectivity index (χ4n) is 3.73. The van der Waals surface area contributed by atoms with Crippen LogP contribution in [0.5, 0.6) is 0 Å². The zero-order chi connectivity index (χ0) is 15.8. The number of hydrogen-bond donors (Lipinski definition) is 3. The summed E-state index contributed by atoms with van der Waals surface area (Å²) in [5.41, 5.74) is 0.0600. The van der Waals surface area contributed by atoms with Crippen molar-refractivity contribution < 1.29 is 9.84 Å². The third kappa shape index (κ3) is 4.85. The normalized spacial score (nSPS) is 33.0. The van der Waals surface area contributed by atoms with Gasteiger partial charge >= 0.3 is 0 Å². The maximum absolute atomic E-state index is 9.29. The summed E-state index contributed by atoms with van der Waals surface area (Å²) in [5.74, 6) is 2.44. The Kier molecular flexibility index (Phi) is 6.96. The highest BCUT2D eigenvalue weighted by molar-refractivity contribution is 5.79. The van der Waals surface area contributed by atoms with E-state index in [-0.39, 0.29) is 12.0 Å². The Labute approximate surface area is 134 Å². The van der Waals surface area contributed by atoms with Crippen LogP contribution in [0, 0.1) is 17.3 Å². The minimum absolute atomic E-state index is 0.0600. The first-order chi connectivity index (χ1) is 10.7. The number of aliphatic hydroxyl groups is 1. The lowest BCUT2D eigenvalue weighted by Crippen LogP contribution is -2.46. The van der Waals surface area contributed by atoms with Gasteiger partial charge in [0.2, 0.25) is 0 Å².